The number of furan rings is 1. The number of aliphatic hydroxyl groups is 1. The van der Waals surface area contributed by atoms with Crippen LogP contribution in [0.5, 0.6) is 0 Å². The summed E-state index contributed by atoms with van der Waals surface area (Å²) in [7, 11) is 3.89. The molecule has 1 aromatic heterocycles. The molecule has 7 heteroatoms. The molecule has 27 heavy (non-hydrogen) atoms. The first-order valence-corrected chi connectivity index (χ1v) is 8.69. The van der Waals surface area contributed by atoms with Crippen LogP contribution in [-0.2, 0) is 9.59 Å². The van der Waals surface area contributed by atoms with Crippen LogP contribution in [0.15, 0.2) is 46.4 Å². The maximum absolute atomic E-state index is 13.2. The smallest absolute Gasteiger partial charge is 0.295 e. The fraction of sp³-hybridized carbons (Fsp3) is 0.300. The molecule has 0 spiro atoms. The van der Waals surface area contributed by atoms with Crippen LogP contribution in [-0.4, -0.2) is 48.9 Å². The van der Waals surface area contributed by atoms with Crippen LogP contribution >= 0.6 is 0 Å². The molecule has 0 radical (unpaired) electrons. The summed E-state index contributed by atoms with van der Waals surface area (Å²) in [6.45, 7) is 2.72. The minimum atomic E-state index is -0.817. The van der Waals surface area contributed by atoms with Gasteiger partial charge in [-0.2, -0.15) is 0 Å². The fourth-order valence-corrected chi connectivity index (χ4v) is 3.11. The van der Waals surface area contributed by atoms with E-state index < -0.39 is 23.5 Å². The van der Waals surface area contributed by atoms with Crippen molar-refractivity contribution in [3.05, 3.63) is 64.9 Å². The second-order valence-electron chi connectivity index (χ2n) is 6.90. The van der Waals surface area contributed by atoms with Crippen molar-refractivity contribution in [3.63, 3.8) is 0 Å². The van der Waals surface area contributed by atoms with Crippen LogP contribution in [0.4, 0.5) is 4.39 Å². The highest BCUT2D eigenvalue weighted by atomic mass is 19.1. The molecule has 1 aliphatic heterocycles. The first kappa shape index (κ1) is 18.8. The lowest BCUT2D eigenvalue weighted by molar-refractivity contribution is -0.857. The van der Waals surface area contributed by atoms with Gasteiger partial charge in [-0.15, -0.1) is 0 Å². The number of Topliss-reactive ketones (excluding diaryl/α,β-unsaturated/α-hetero) is 1. The van der Waals surface area contributed by atoms with Gasteiger partial charge in [0.1, 0.15) is 29.1 Å². The van der Waals surface area contributed by atoms with Crippen LogP contribution in [0, 0.1) is 12.7 Å². The molecule has 142 valence electrons. The molecule has 2 aromatic rings. The first-order valence-electron chi connectivity index (χ1n) is 8.69. The Labute approximate surface area is 156 Å². The summed E-state index contributed by atoms with van der Waals surface area (Å²) in [5, 5.41) is 10.7. The number of carbonyl (C=O) groups is 2. The predicted molar refractivity (Wildman–Crippen MR) is 96.5 cm³/mol. The molecule has 1 aliphatic rings. The number of benzene rings is 1. The second-order valence-corrected chi connectivity index (χ2v) is 6.90. The van der Waals surface area contributed by atoms with Gasteiger partial charge in [0.25, 0.3) is 11.7 Å². The summed E-state index contributed by atoms with van der Waals surface area (Å²) in [5.41, 5.74) is 0.218. The van der Waals surface area contributed by atoms with Crippen molar-refractivity contribution in [1.82, 2.24) is 4.90 Å². The number of aryl methyl sites for hydroxylation is 1. The zero-order chi connectivity index (χ0) is 19.7. The van der Waals surface area contributed by atoms with E-state index >= 15 is 0 Å². The Kier molecular flexibility index (Phi) is 5.14. The Morgan fingerprint density at radius 3 is 2.41 bits per heavy atom. The normalized spacial score (nSPS) is 19.3. The number of hydrogen-bond acceptors (Lipinski definition) is 4. The van der Waals surface area contributed by atoms with Gasteiger partial charge in [0.15, 0.2) is 0 Å². The van der Waals surface area contributed by atoms with Crippen molar-refractivity contribution in [2.75, 3.05) is 27.2 Å². The molecule has 0 unspecified atom stereocenters. The highest BCUT2D eigenvalue weighted by Gasteiger charge is 2.47. The summed E-state index contributed by atoms with van der Waals surface area (Å²) in [5.74, 6) is -1.21. The average Bonchev–Trinajstić information content (AvgIpc) is 3.15. The highest BCUT2D eigenvalue weighted by molar-refractivity contribution is 6.46. The van der Waals surface area contributed by atoms with E-state index in [-0.39, 0.29) is 16.9 Å². The lowest BCUT2D eigenvalue weighted by atomic mass is 9.99. The maximum Gasteiger partial charge on any atom is 0.295 e. The van der Waals surface area contributed by atoms with Crippen LogP contribution < -0.4 is 4.90 Å². The lowest BCUT2D eigenvalue weighted by Gasteiger charge is -2.23. The molecular weight excluding hydrogens is 351 g/mol. The quantitative estimate of drug-likeness (QED) is 0.471. The minimum absolute atomic E-state index is 0.0466. The number of ketones is 1. The second kappa shape index (κ2) is 7.36. The van der Waals surface area contributed by atoms with Gasteiger partial charge in [0, 0.05) is 5.56 Å². The van der Waals surface area contributed by atoms with E-state index in [4.69, 9.17) is 4.42 Å². The number of carbonyl (C=O) groups excluding carboxylic acids is 2. The third-order valence-electron chi connectivity index (χ3n) is 4.54. The third kappa shape index (κ3) is 3.64. The first-order chi connectivity index (χ1) is 12.8. The SMILES string of the molecule is Cc1ccc([C@@H]2C(=C(O)c3ccc(F)cc3)C(=O)C(=O)N2CC[NH+](C)C)o1. The highest BCUT2D eigenvalue weighted by Crippen LogP contribution is 2.39. The average molecular weight is 373 g/mol. The number of likely N-dealkylation sites (tertiary alicyclic amines) is 1. The van der Waals surface area contributed by atoms with Crippen LogP contribution in [0.25, 0.3) is 5.76 Å². The summed E-state index contributed by atoms with van der Waals surface area (Å²) in [4.78, 5) is 27.9. The Morgan fingerprint density at radius 1 is 1.19 bits per heavy atom. The fourth-order valence-electron chi connectivity index (χ4n) is 3.11. The Balaban J connectivity index is 2.11. The molecule has 6 nitrogen and oxygen atoms in total. The van der Waals surface area contributed by atoms with Crippen molar-refractivity contribution in [3.8, 4) is 0 Å². The minimum Gasteiger partial charge on any atom is -0.507 e. The van der Waals surface area contributed by atoms with Crippen molar-refractivity contribution in [2.45, 2.75) is 13.0 Å². The van der Waals surface area contributed by atoms with E-state index in [0.717, 1.165) is 4.90 Å². The van der Waals surface area contributed by atoms with E-state index in [0.29, 0.717) is 24.6 Å². The van der Waals surface area contributed by atoms with E-state index in [1.54, 1.807) is 19.1 Å². The number of nitrogens with one attached hydrogen (secondary N) is 1. The molecule has 1 aromatic carbocycles. The van der Waals surface area contributed by atoms with Gasteiger partial charge in [0.05, 0.1) is 32.8 Å². The number of hydrogen-bond donors (Lipinski definition) is 2. The maximum atomic E-state index is 13.2. The van der Waals surface area contributed by atoms with Crippen molar-refractivity contribution in [2.24, 2.45) is 0 Å². The van der Waals surface area contributed by atoms with Crippen molar-refractivity contribution < 1.29 is 28.4 Å². The molecule has 1 atom stereocenters. The summed E-state index contributed by atoms with van der Waals surface area (Å²) < 4.78 is 18.9. The summed E-state index contributed by atoms with van der Waals surface area (Å²) in [6, 6.07) is 7.73. The van der Waals surface area contributed by atoms with Gasteiger partial charge in [-0.3, -0.25) is 9.59 Å². The standard InChI is InChI=1S/C20H21FN2O4/c1-12-4-9-15(27-12)17-16(18(24)13-5-7-14(21)8-6-13)19(25)20(26)23(17)11-10-22(2)3/h4-9,17,24H,10-11H2,1-3H3/p+1/t17-/m1/s1. The van der Waals surface area contributed by atoms with Crippen LogP contribution in [0.1, 0.15) is 23.1 Å². The molecule has 0 bridgehead atoms. The van der Waals surface area contributed by atoms with Crippen LogP contribution in [0.3, 0.4) is 0 Å². The summed E-state index contributed by atoms with van der Waals surface area (Å²) >= 11 is 0. The molecule has 2 heterocycles. The Morgan fingerprint density at radius 2 is 1.85 bits per heavy atom. The van der Waals surface area contributed by atoms with Gasteiger partial charge in [-0.05, 0) is 43.3 Å². The van der Waals surface area contributed by atoms with Crippen molar-refractivity contribution in [1.29, 1.82) is 0 Å². The zero-order valence-corrected chi connectivity index (χ0v) is 15.5. The molecular formula is C20H22FN2O4+. The summed E-state index contributed by atoms with van der Waals surface area (Å²) in [6.07, 6.45) is 0. The molecule has 0 saturated carbocycles. The monoisotopic (exact) mass is 373 g/mol. The molecule has 1 saturated heterocycles. The Bertz CT molecular complexity index is 899. The van der Waals surface area contributed by atoms with Crippen molar-refractivity contribution >= 4 is 17.4 Å². The number of amides is 1. The number of nitrogens with zero attached hydrogens (tertiary/aromatic N) is 1. The van der Waals surface area contributed by atoms with E-state index in [9.17, 15) is 19.1 Å². The largest absolute Gasteiger partial charge is 0.507 e. The number of halogens is 1. The van der Waals surface area contributed by atoms with Gasteiger partial charge in [-0.25, -0.2) is 4.39 Å². The van der Waals surface area contributed by atoms with Gasteiger partial charge in [-0.1, -0.05) is 0 Å². The van der Waals surface area contributed by atoms with E-state index in [1.807, 2.05) is 14.1 Å². The molecule has 1 amide bonds. The zero-order valence-electron chi connectivity index (χ0n) is 15.5. The Hall–Kier alpha value is -2.93. The number of rotatable bonds is 5. The molecule has 0 aliphatic carbocycles. The lowest BCUT2D eigenvalue weighted by Crippen LogP contribution is -3.06. The third-order valence-corrected chi connectivity index (χ3v) is 4.54. The molecule has 3 rings (SSSR count). The van der Waals surface area contributed by atoms with Gasteiger partial charge in [0.2, 0.25) is 0 Å². The predicted octanol–water partition coefficient (Wildman–Crippen LogP) is 1.29. The van der Waals surface area contributed by atoms with E-state index in [2.05, 4.69) is 0 Å². The van der Waals surface area contributed by atoms with E-state index in [1.165, 1.54) is 29.2 Å². The molecule has 2 N–H and O–H groups in total. The molecule has 1 fully saturated rings. The number of aliphatic hydroxyl groups excluding tert-OH is 1. The van der Waals surface area contributed by atoms with Gasteiger partial charge >= 0.3 is 0 Å². The number of likely N-dealkylation sites (N-methyl/N-ethyl adjacent to an activating group) is 1. The van der Waals surface area contributed by atoms with Gasteiger partial charge < -0.3 is 19.3 Å². The number of quaternary nitrogens is 1. The topological polar surface area (TPSA) is 75.2 Å². The van der Waals surface area contributed by atoms with Crippen LogP contribution in [0.2, 0.25) is 0 Å².